The van der Waals surface area contributed by atoms with Crippen LogP contribution in [0.25, 0.3) is 0 Å². The molecule has 0 spiro atoms. The first-order valence-electron chi connectivity index (χ1n) is 4.64. The van der Waals surface area contributed by atoms with E-state index in [0.717, 1.165) is 18.3 Å². The van der Waals surface area contributed by atoms with Crippen LogP contribution in [0.1, 0.15) is 18.5 Å². The summed E-state index contributed by atoms with van der Waals surface area (Å²) in [6.45, 7) is 0.800. The molecule has 1 aromatic rings. The molecule has 1 heterocycles. The molecule has 1 aromatic heterocycles. The van der Waals surface area contributed by atoms with Crippen molar-refractivity contribution in [1.29, 1.82) is 0 Å². The lowest BCUT2D eigenvalue weighted by Gasteiger charge is -2.04. The zero-order valence-corrected chi connectivity index (χ0v) is 8.59. The predicted octanol–water partition coefficient (Wildman–Crippen LogP) is 1.50. The number of pyridine rings is 1. The Kier molecular flexibility index (Phi) is 2.63. The predicted molar refractivity (Wildman–Crippen MR) is 58.3 cm³/mol. The summed E-state index contributed by atoms with van der Waals surface area (Å²) < 4.78 is 5.52. The van der Waals surface area contributed by atoms with E-state index in [2.05, 4.69) is 4.98 Å². The minimum Gasteiger partial charge on any atom is -0.492 e. The molecule has 0 unspecified atom stereocenters. The molecule has 1 aliphatic carbocycles. The molecule has 0 aliphatic heterocycles. The second-order valence-corrected chi connectivity index (χ2v) is 3.94. The van der Waals surface area contributed by atoms with Crippen LogP contribution in [0, 0.1) is 5.92 Å². The third-order valence-corrected chi connectivity index (χ3v) is 2.38. The summed E-state index contributed by atoms with van der Waals surface area (Å²) in [5, 5.41) is 0. The van der Waals surface area contributed by atoms with Gasteiger partial charge in [-0.3, -0.25) is 0 Å². The fourth-order valence-corrected chi connectivity index (χ4v) is 1.23. The van der Waals surface area contributed by atoms with Crippen LogP contribution in [0.15, 0.2) is 18.3 Å². The molecule has 3 nitrogen and oxygen atoms in total. The minimum atomic E-state index is 0.318. The second-order valence-electron chi connectivity index (χ2n) is 3.50. The molecular weight excluding hydrogens is 196 g/mol. The zero-order valence-electron chi connectivity index (χ0n) is 7.77. The summed E-state index contributed by atoms with van der Waals surface area (Å²) in [5.74, 6) is 1.54. The molecule has 4 heteroatoms. The Hall–Kier alpha value is -1.16. The number of ether oxygens (including phenoxy) is 1. The molecule has 1 aliphatic rings. The Bertz CT molecular complexity index is 332. The Morgan fingerprint density at radius 3 is 2.86 bits per heavy atom. The van der Waals surface area contributed by atoms with Crippen LogP contribution in [0.3, 0.4) is 0 Å². The van der Waals surface area contributed by atoms with Gasteiger partial charge in [-0.15, -0.1) is 0 Å². The zero-order chi connectivity index (χ0) is 9.97. The highest BCUT2D eigenvalue weighted by Crippen LogP contribution is 2.29. The van der Waals surface area contributed by atoms with Crippen LogP contribution >= 0.6 is 12.2 Å². The Labute approximate surface area is 88.3 Å². The highest BCUT2D eigenvalue weighted by molar-refractivity contribution is 7.80. The van der Waals surface area contributed by atoms with Gasteiger partial charge in [0.1, 0.15) is 10.7 Å². The molecule has 74 valence electrons. The molecule has 0 atom stereocenters. The third-order valence-electron chi connectivity index (χ3n) is 2.17. The van der Waals surface area contributed by atoms with Gasteiger partial charge in [0.2, 0.25) is 0 Å². The second kappa shape index (κ2) is 3.92. The van der Waals surface area contributed by atoms with Crippen molar-refractivity contribution in [3.8, 4) is 5.75 Å². The molecule has 0 radical (unpaired) electrons. The highest BCUT2D eigenvalue weighted by Gasteiger charge is 2.21. The van der Waals surface area contributed by atoms with E-state index in [1.807, 2.05) is 6.07 Å². The van der Waals surface area contributed by atoms with Crippen molar-refractivity contribution in [3.05, 3.63) is 24.0 Å². The van der Waals surface area contributed by atoms with Crippen molar-refractivity contribution in [3.63, 3.8) is 0 Å². The Morgan fingerprint density at radius 2 is 2.36 bits per heavy atom. The third kappa shape index (κ3) is 2.42. The van der Waals surface area contributed by atoms with Crippen molar-refractivity contribution >= 4 is 17.2 Å². The SMILES string of the molecule is NC(=S)c1ccc(OCC2CC2)cn1. The summed E-state index contributed by atoms with van der Waals surface area (Å²) in [7, 11) is 0. The topological polar surface area (TPSA) is 48.1 Å². The number of hydrogen-bond donors (Lipinski definition) is 1. The van der Waals surface area contributed by atoms with E-state index in [9.17, 15) is 0 Å². The highest BCUT2D eigenvalue weighted by atomic mass is 32.1. The number of rotatable bonds is 4. The maximum Gasteiger partial charge on any atom is 0.137 e. The molecular formula is C10H12N2OS. The molecule has 0 amide bonds. The van der Waals surface area contributed by atoms with Crippen LogP contribution < -0.4 is 10.5 Å². The van der Waals surface area contributed by atoms with Gasteiger partial charge in [-0.25, -0.2) is 4.98 Å². The summed E-state index contributed by atoms with van der Waals surface area (Å²) in [6.07, 6.45) is 4.24. The molecule has 0 saturated heterocycles. The van der Waals surface area contributed by atoms with Crippen molar-refractivity contribution in [2.45, 2.75) is 12.8 Å². The molecule has 1 saturated carbocycles. The van der Waals surface area contributed by atoms with E-state index >= 15 is 0 Å². The minimum absolute atomic E-state index is 0.318. The fourth-order valence-electron chi connectivity index (χ4n) is 1.11. The van der Waals surface area contributed by atoms with Crippen LogP contribution in [-0.2, 0) is 0 Å². The van der Waals surface area contributed by atoms with Crippen molar-refractivity contribution in [2.24, 2.45) is 11.7 Å². The van der Waals surface area contributed by atoms with E-state index in [1.54, 1.807) is 12.3 Å². The van der Waals surface area contributed by atoms with Gasteiger partial charge in [-0.05, 0) is 30.9 Å². The lowest BCUT2D eigenvalue weighted by Crippen LogP contribution is -2.11. The van der Waals surface area contributed by atoms with Crippen LogP contribution in [-0.4, -0.2) is 16.6 Å². The standard InChI is InChI=1S/C10H12N2OS/c11-10(14)9-4-3-8(5-12-9)13-6-7-1-2-7/h3-5,7H,1-2,6H2,(H2,11,14). The van der Waals surface area contributed by atoms with Gasteiger partial charge in [-0.2, -0.15) is 0 Å². The van der Waals surface area contributed by atoms with E-state index in [1.165, 1.54) is 12.8 Å². The van der Waals surface area contributed by atoms with Crippen molar-refractivity contribution < 1.29 is 4.74 Å². The smallest absolute Gasteiger partial charge is 0.137 e. The van der Waals surface area contributed by atoms with Crippen LogP contribution in [0.5, 0.6) is 5.75 Å². The van der Waals surface area contributed by atoms with Gasteiger partial charge in [0, 0.05) is 0 Å². The number of nitrogens with two attached hydrogens (primary N) is 1. The van der Waals surface area contributed by atoms with Crippen LogP contribution in [0.2, 0.25) is 0 Å². The van der Waals surface area contributed by atoms with Gasteiger partial charge in [0.15, 0.2) is 0 Å². The van der Waals surface area contributed by atoms with Crippen molar-refractivity contribution in [2.75, 3.05) is 6.61 Å². The fraction of sp³-hybridized carbons (Fsp3) is 0.400. The average molecular weight is 208 g/mol. The Balaban J connectivity index is 1.94. The quantitative estimate of drug-likeness (QED) is 0.762. The van der Waals surface area contributed by atoms with E-state index in [-0.39, 0.29) is 0 Å². The molecule has 1 fully saturated rings. The number of hydrogen-bond acceptors (Lipinski definition) is 3. The molecule has 0 bridgehead atoms. The molecule has 0 aromatic carbocycles. The average Bonchev–Trinajstić information content (AvgIpc) is 2.99. The van der Waals surface area contributed by atoms with Gasteiger partial charge in [0.05, 0.1) is 18.5 Å². The Morgan fingerprint density at radius 1 is 1.57 bits per heavy atom. The summed E-state index contributed by atoms with van der Waals surface area (Å²) in [4.78, 5) is 4.40. The largest absolute Gasteiger partial charge is 0.492 e. The summed E-state index contributed by atoms with van der Waals surface area (Å²) in [5.41, 5.74) is 6.06. The summed E-state index contributed by atoms with van der Waals surface area (Å²) >= 11 is 4.80. The first-order valence-corrected chi connectivity index (χ1v) is 5.05. The number of nitrogens with zero attached hydrogens (tertiary/aromatic N) is 1. The van der Waals surface area contributed by atoms with Gasteiger partial charge in [0.25, 0.3) is 0 Å². The van der Waals surface area contributed by atoms with E-state index in [4.69, 9.17) is 22.7 Å². The normalized spacial score (nSPS) is 15.1. The van der Waals surface area contributed by atoms with E-state index in [0.29, 0.717) is 10.7 Å². The lowest BCUT2D eigenvalue weighted by atomic mass is 10.3. The summed E-state index contributed by atoms with van der Waals surface area (Å²) in [6, 6.07) is 3.63. The monoisotopic (exact) mass is 208 g/mol. The molecule has 2 N–H and O–H groups in total. The van der Waals surface area contributed by atoms with Gasteiger partial charge < -0.3 is 10.5 Å². The van der Waals surface area contributed by atoms with Gasteiger partial charge >= 0.3 is 0 Å². The first-order chi connectivity index (χ1) is 6.75. The van der Waals surface area contributed by atoms with Crippen LogP contribution in [0.4, 0.5) is 0 Å². The number of thiocarbonyl (C=S) groups is 1. The maximum absolute atomic E-state index is 5.52. The molecule has 2 rings (SSSR count). The lowest BCUT2D eigenvalue weighted by molar-refractivity contribution is 0.298. The van der Waals surface area contributed by atoms with E-state index < -0.39 is 0 Å². The number of aromatic nitrogens is 1. The van der Waals surface area contributed by atoms with Gasteiger partial charge in [-0.1, -0.05) is 12.2 Å². The molecule has 14 heavy (non-hydrogen) atoms. The van der Waals surface area contributed by atoms with Crippen molar-refractivity contribution in [1.82, 2.24) is 4.98 Å². The maximum atomic E-state index is 5.52. The first kappa shape index (κ1) is 9.40.